The summed E-state index contributed by atoms with van der Waals surface area (Å²) in [5.41, 5.74) is 6.89. The third-order valence-corrected chi connectivity index (χ3v) is 6.42. The van der Waals surface area contributed by atoms with E-state index in [-0.39, 0.29) is 0 Å². The zero-order valence-electron chi connectivity index (χ0n) is 16.3. The van der Waals surface area contributed by atoms with E-state index < -0.39 is 0 Å². The summed E-state index contributed by atoms with van der Waals surface area (Å²) in [6.07, 6.45) is 12.2. The third kappa shape index (κ3) is 4.90. The Morgan fingerprint density at radius 2 is 0.929 bits per heavy atom. The van der Waals surface area contributed by atoms with Crippen LogP contribution in [0.3, 0.4) is 0 Å². The maximum absolute atomic E-state index is 4.86. The maximum atomic E-state index is 4.86. The molecule has 0 amide bonds. The quantitative estimate of drug-likeness (QED) is 0.481. The molecular weight excluding hydrogens is 380 g/mol. The highest BCUT2D eigenvalue weighted by atomic mass is 32.1. The minimum Gasteiger partial charge on any atom is -0.257 e. The molecule has 2 fully saturated rings. The first kappa shape index (κ1) is 19.8. The van der Waals surface area contributed by atoms with Gasteiger partial charge >= 0.3 is 0 Å². The Kier molecular flexibility index (Phi) is 6.58. The van der Waals surface area contributed by atoms with Gasteiger partial charge in [-0.05, 0) is 86.8 Å². The molecule has 146 valence electrons. The van der Waals surface area contributed by atoms with Crippen LogP contribution in [-0.2, 0) is 0 Å². The van der Waals surface area contributed by atoms with Crippen LogP contribution in [0.2, 0.25) is 0 Å². The lowest BCUT2D eigenvalue weighted by Gasteiger charge is -2.14. The van der Waals surface area contributed by atoms with Crippen molar-refractivity contribution in [1.82, 2.24) is 0 Å². The van der Waals surface area contributed by atoms with Gasteiger partial charge in [0, 0.05) is 21.2 Å². The minimum atomic E-state index is 0.933. The molecule has 0 radical (unpaired) electrons. The van der Waals surface area contributed by atoms with E-state index in [9.17, 15) is 0 Å². The monoisotopic (exact) mass is 408 g/mol. The van der Waals surface area contributed by atoms with Crippen molar-refractivity contribution in [2.45, 2.75) is 74.0 Å². The number of nitrogens with zero attached hydrogens (tertiary/aromatic N) is 2. The molecule has 0 spiro atoms. The third-order valence-electron chi connectivity index (χ3n) is 5.70. The maximum Gasteiger partial charge on any atom is 0.0762 e. The van der Waals surface area contributed by atoms with E-state index in [1.165, 1.54) is 49.9 Å². The number of hydrogen-bond donors (Lipinski definition) is 2. The number of hydrogen-bond acceptors (Lipinski definition) is 4. The predicted molar refractivity (Wildman–Crippen MR) is 127 cm³/mol. The van der Waals surface area contributed by atoms with Crippen molar-refractivity contribution in [2.75, 3.05) is 0 Å². The number of thiol groups is 2. The molecule has 2 saturated carbocycles. The van der Waals surface area contributed by atoms with Gasteiger partial charge in [-0.15, -0.1) is 25.3 Å². The zero-order chi connectivity index (χ0) is 19.3. The van der Waals surface area contributed by atoms with Gasteiger partial charge in [0.25, 0.3) is 0 Å². The van der Waals surface area contributed by atoms with Crippen molar-refractivity contribution in [3.05, 3.63) is 36.4 Å². The summed E-state index contributed by atoms with van der Waals surface area (Å²) < 4.78 is 0. The van der Waals surface area contributed by atoms with Crippen molar-refractivity contribution in [3.63, 3.8) is 0 Å². The van der Waals surface area contributed by atoms with E-state index in [0.29, 0.717) is 0 Å². The lowest BCUT2D eigenvalue weighted by atomic mass is 9.98. The lowest BCUT2D eigenvalue weighted by molar-refractivity contribution is 0.666. The molecule has 0 N–H and O–H groups in total. The standard InChI is InChI=1S/C24H28N2S2/c27-23-15-17(11-13-21(23)25-19-7-3-1-4-8-19)18-12-14-22(24(28)16-18)26-20-9-5-2-6-10-20/h11-16,27-28H,1-10H2. The molecule has 4 rings (SSSR count). The Morgan fingerprint density at radius 3 is 1.29 bits per heavy atom. The van der Waals surface area contributed by atoms with Crippen molar-refractivity contribution >= 4 is 48.1 Å². The molecule has 2 aliphatic rings. The van der Waals surface area contributed by atoms with Gasteiger partial charge in [-0.1, -0.05) is 25.0 Å². The van der Waals surface area contributed by atoms with Crippen LogP contribution in [0, 0.1) is 0 Å². The van der Waals surface area contributed by atoms with Crippen LogP contribution in [0.1, 0.15) is 64.2 Å². The number of benzene rings is 2. The molecular formula is C24H28N2S2. The number of aliphatic imine (C=N–C) groups is 2. The van der Waals surface area contributed by atoms with Gasteiger partial charge in [0.15, 0.2) is 0 Å². The molecule has 0 unspecified atom stereocenters. The topological polar surface area (TPSA) is 24.7 Å². The number of rotatable bonds is 3. The highest BCUT2D eigenvalue weighted by Crippen LogP contribution is 2.34. The first-order valence-corrected chi connectivity index (χ1v) is 11.4. The second-order valence-corrected chi connectivity index (χ2v) is 8.85. The average molecular weight is 409 g/mol. The molecule has 0 aromatic heterocycles. The Hall–Kier alpha value is -1.52. The van der Waals surface area contributed by atoms with Crippen molar-refractivity contribution < 1.29 is 0 Å². The van der Waals surface area contributed by atoms with Gasteiger partial charge in [0.05, 0.1) is 11.4 Å². The molecule has 0 atom stereocenters. The Balaban J connectivity index is 1.55. The van der Waals surface area contributed by atoms with Crippen molar-refractivity contribution in [3.8, 4) is 11.1 Å². The van der Waals surface area contributed by atoms with E-state index in [2.05, 4.69) is 36.4 Å². The van der Waals surface area contributed by atoms with E-state index in [1.807, 2.05) is 0 Å². The predicted octanol–water partition coefficient (Wildman–Crippen LogP) is 8.00. The normalized spacial score (nSPS) is 17.5. The summed E-state index contributed by atoms with van der Waals surface area (Å²) in [6, 6.07) is 12.7. The summed E-state index contributed by atoms with van der Waals surface area (Å²) in [5, 5.41) is 0. The van der Waals surface area contributed by atoms with E-state index in [0.717, 1.165) is 58.0 Å². The highest BCUT2D eigenvalue weighted by Gasteiger charge is 2.11. The molecule has 0 saturated heterocycles. The average Bonchev–Trinajstić information content (AvgIpc) is 2.72. The Labute approximate surface area is 179 Å². The van der Waals surface area contributed by atoms with Gasteiger partial charge in [0.1, 0.15) is 0 Å². The summed E-state index contributed by atoms with van der Waals surface area (Å²) in [5.74, 6) is 0. The highest BCUT2D eigenvalue weighted by molar-refractivity contribution is 7.80. The van der Waals surface area contributed by atoms with Gasteiger partial charge in [-0.2, -0.15) is 0 Å². The Bertz CT molecular complexity index is 823. The fraction of sp³-hybridized carbons (Fsp3) is 0.417. The SMILES string of the molecule is Sc1cc(-c2ccc(N=C3CCCCC3)c(S)c2)ccc1N=C1CCCCC1. The van der Waals surface area contributed by atoms with Gasteiger partial charge in [0.2, 0.25) is 0 Å². The van der Waals surface area contributed by atoms with Crippen LogP contribution in [-0.4, -0.2) is 11.4 Å². The fourth-order valence-corrected chi connectivity index (χ4v) is 4.61. The molecule has 2 nitrogen and oxygen atoms in total. The van der Waals surface area contributed by atoms with Gasteiger partial charge in [-0.25, -0.2) is 0 Å². The molecule has 2 aromatic rings. The summed E-state index contributed by atoms with van der Waals surface area (Å²) >= 11 is 9.41. The van der Waals surface area contributed by atoms with Crippen LogP contribution in [0.15, 0.2) is 56.2 Å². The molecule has 2 aliphatic carbocycles. The first-order chi connectivity index (χ1) is 13.7. The van der Waals surface area contributed by atoms with E-state index >= 15 is 0 Å². The zero-order valence-corrected chi connectivity index (χ0v) is 18.1. The van der Waals surface area contributed by atoms with Crippen LogP contribution < -0.4 is 0 Å². The summed E-state index contributed by atoms with van der Waals surface area (Å²) in [6.45, 7) is 0. The van der Waals surface area contributed by atoms with E-state index in [1.54, 1.807) is 0 Å². The minimum absolute atomic E-state index is 0.933. The first-order valence-electron chi connectivity index (χ1n) is 10.5. The molecule has 2 aromatic carbocycles. The fourth-order valence-electron chi connectivity index (χ4n) is 4.08. The lowest BCUT2D eigenvalue weighted by Crippen LogP contribution is -2.03. The Morgan fingerprint density at radius 1 is 0.536 bits per heavy atom. The van der Waals surface area contributed by atoms with Crippen LogP contribution >= 0.6 is 25.3 Å². The van der Waals surface area contributed by atoms with Gasteiger partial charge < -0.3 is 0 Å². The smallest absolute Gasteiger partial charge is 0.0762 e. The van der Waals surface area contributed by atoms with Crippen LogP contribution in [0.5, 0.6) is 0 Å². The second kappa shape index (κ2) is 9.32. The summed E-state index contributed by atoms with van der Waals surface area (Å²) in [4.78, 5) is 11.6. The molecule has 0 aliphatic heterocycles. The van der Waals surface area contributed by atoms with Gasteiger partial charge in [-0.3, -0.25) is 9.98 Å². The van der Waals surface area contributed by atoms with Crippen molar-refractivity contribution in [1.29, 1.82) is 0 Å². The molecule has 4 heteroatoms. The van der Waals surface area contributed by atoms with Crippen LogP contribution in [0.25, 0.3) is 11.1 Å². The molecule has 28 heavy (non-hydrogen) atoms. The largest absolute Gasteiger partial charge is 0.257 e. The van der Waals surface area contributed by atoms with Crippen molar-refractivity contribution in [2.24, 2.45) is 9.98 Å². The second-order valence-electron chi connectivity index (χ2n) is 7.88. The van der Waals surface area contributed by atoms with Crippen LogP contribution in [0.4, 0.5) is 11.4 Å². The summed E-state index contributed by atoms with van der Waals surface area (Å²) in [7, 11) is 0. The van der Waals surface area contributed by atoms with E-state index in [4.69, 9.17) is 35.2 Å². The molecule has 0 bridgehead atoms. The molecule has 0 heterocycles.